The molecule has 4 rings (SSSR count). The first-order chi connectivity index (χ1) is 16.0. The summed E-state index contributed by atoms with van der Waals surface area (Å²) in [5.74, 6) is 0.0325. The maximum atomic E-state index is 12.6. The third-order valence-corrected chi connectivity index (χ3v) is 7.32. The minimum Gasteiger partial charge on any atom is -0.478 e. The molecule has 1 fully saturated rings. The van der Waals surface area contributed by atoms with Gasteiger partial charge in [-0.15, -0.1) is 11.6 Å². The van der Waals surface area contributed by atoms with E-state index in [0.717, 1.165) is 48.8 Å². The molecule has 1 saturated carbocycles. The Morgan fingerprint density at radius 2 is 1.58 bits per heavy atom. The Hall–Kier alpha value is -2.91. The second kappa shape index (κ2) is 10.8. The number of aromatic carboxylic acids is 1. The van der Waals surface area contributed by atoms with Crippen LogP contribution in [0.4, 0.5) is 0 Å². The molecular formula is C29H29ClO3. The normalized spacial score (nSPS) is 20.0. The first-order valence-electron chi connectivity index (χ1n) is 11.6. The molecule has 3 atom stereocenters. The number of Topliss-reactive ketones (excluding diaryl/α,β-unsaturated/α-hetero) is 1. The number of carbonyl (C=O) groups is 2. The van der Waals surface area contributed by atoms with E-state index in [1.54, 1.807) is 12.1 Å². The van der Waals surface area contributed by atoms with Crippen LogP contribution in [0.15, 0.2) is 78.9 Å². The molecule has 0 radical (unpaired) electrons. The molecule has 1 aliphatic carbocycles. The minimum atomic E-state index is -0.890. The van der Waals surface area contributed by atoms with Gasteiger partial charge in [-0.05, 0) is 72.8 Å². The van der Waals surface area contributed by atoms with Crippen molar-refractivity contribution in [3.8, 4) is 0 Å². The van der Waals surface area contributed by atoms with Gasteiger partial charge < -0.3 is 5.11 Å². The number of carbonyl (C=O) groups excluding carboxylic acids is 1. The fourth-order valence-corrected chi connectivity index (χ4v) is 5.44. The van der Waals surface area contributed by atoms with Crippen LogP contribution in [0.1, 0.15) is 69.0 Å². The zero-order valence-corrected chi connectivity index (χ0v) is 19.4. The second-order valence-corrected chi connectivity index (χ2v) is 9.53. The quantitative estimate of drug-likeness (QED) is 0.278. The molecule has 3 aromatic carbocycles. The lowest BCUT2D eigenvalue weighted by atomic mass is 9.84. The summed E-state index contributed by atoms with van der Waals surface area (Å²) in [6.07, 6.45) is 5.30. The van der Waals surface area contributed by atoms with E-state index in [-0.39, 0.29) is 11.2 Å². The smallest absolute Gasteiger partial charge is 0.335 e. The lowest BCUT2D eigenvalue weighted by molar-refractivity contribution is 0.0696. The van der Waals surface area contributed by atoms with Crippen LogP contribution in [-0.4, -0.2) is 22.2 Å². The van der Waals surface area contributed by atoms with Crippen LogP contribution in [-0.2, 0) is 12.8 Å². The standard InChI is InChI=1S/C29H29ClO3/c30-27-17-16-25(26(27)11-5-9-20-8-4-10-24(18-20)29(32)33)22-12-14-23(15-13-22)28(31)19-21-6-2-1-3-7-21/h1-4,6-8,10,12-15,18,25-27H,5,9,11,16-17,19H2,(H,32,33). The molecule has 3 unspecified atom stereocenters. The monoisotopic (exact) mass is 460 g/mol. The molecule has 0 spiro atoms. The molecule has 3 nitrogen and oxygen atoms in total. The first kappa shape index (κ1) is 23.3. The molecule has 0 bridgehead atoms. The number of carboxylic acids is 1. The number of rotatable bonds is 9. The van der Waals surface area contributed by atoms with E-state index >= 15 is 0 Å². The molecule has 0 heterocycles. The summed E-state index contributed by atoms with van der Waals surface area (Å²) >= 11 is 6.71. The Balaban J connectivity index is 1.37. The van der Waals surface area contributed by atoms with Gasteiger partial charge in [0.1, 0.15) is 0 Å². The van der Waals surface area contributed by atoms with Crippen LogP contribution in [0.2, 0.25) is 0 Å². The number of alkyl halides is 1. The van der Waals surface area contributed by atoms with Gasteiger partial charge >= 0.3 is 5.97 Å². The predicted octanol–water partition coefficient (Wildman–Crippen LogP) is 6.93. The van der Waals surface area contributed by atoms with Gasteiger partial charge in [0.05, 0.1) is 5.56 Å². The van der Waals surface area contributed by atoms with Crippen molar-refractivity contribution in [3.63, 3.8) is 0 Å². The third-order valence-electron chi connectivity index (χ3n) is 6.78. The van der Waals surface area contributed by atoms with Crippen molar-refractivity contribution in [1.82, 2.24) is 0 Å². The van der Waals surface area contributed by atoms with Gasteiger partial charge in [0.2, 0.25) is 0 Å². The Kier molecular flexibility index (Phi) is 7.61. The van der Waals surface area contributed by atoms with Gasteiger partial charge in [-0.1, -0.05) is 66.7 Å². The fraction of sp³-hybridized carbons (Fsp3) is 0.310. The molecule has 1 aliphatic rings. The van der Waals surface area contributed by atoms with Crippen molar-refractivity contribution in [2.75, 3.05) is 0 Å². The van der Waals surface area contributed by atoms with E-state index in [1.807, 2.05) is 54.6 Å². The minimum absolute atomic E-state index is 0.134. The summed E-state index contributed by atoms with van der Waals surface area (Å²) in [4.78, 5) is 23.8. The number of benzene rings is 3. The van der Waals surface area contributed by atoms with Crippen LogP contribution >= 0.6 is 11.6 Å². The highest BCUT2D eigenvalue weighted by Gasteiger charge is 2.35. The number of carboxylic acid groups (broad SMARTS) is 1. The molecule has 1 N–H and O–H groups in total. The van der Waals surface area contributed by atoms with E-state index in [2.05, 4.69) is 12.1 Å². The highest BCUT2D eigenvalue weighted by atomic mass is 35.5. The molecule has 33 heavy (non-hydrogen) atoms. The summed E-state index contributed by atoms with van der Waals surface area (Å²) in [5.41, 5.74) is 4.42. The summed E-state index contributed by atoms with van der Waals surface area (Å²) in [6, 6.07) is 25.1. The van der Waals surface area contributed by atoms with E-state index < -0.39 is 5.97 Å². The zero-order valence-electron chi connectivity index (χ0n) is 18.6. The Bertz CT molecular complexity index is 1090. The van der Waals surface area contributed by atoms with Crippen LogP contribution < -0.4 is 0 Å². The van der Waals surface area contributed by atoms with Crippen LogP contribution in [0.5, 0.6) is 0 Å². The van der Waals surface area contributed by atoms with E-state index in [1.165, 1.54) is 5.56 Å². The van der Waals surface area contributed by atoms with Crippen LogP contribution in [0, 0.1) is 5.92 Å². The summed E-state index contributed by atoms with van der Waals surface area (Å²) < 4.78 is 0. The Labute approximate surface area is 200 Å². The SMILES string of the molecule is O=C(O)c1cccc(CCCC2C(Cl)CCC2c2ccc(C(=O)Cc3ccccc3)cc2)c1. The maximum Gasteiger partial charge on any atom is 0.335 e. The number of hydrogen-bond donors (Lipinski definition) is 1. The molecule has 0 amide bonds. The zero-order chi connectivity index (χ0) is 23.2. The van der Waals surface area contributed by atoms with Crippen molar-refractivity contribution >= 4 is 23.4 Å². The van der Waals surface area contributed by atoms with Crippen molar-refractivity contribution in [3.05, 3.63) is 107 Å². The van der Waals surface area contributed by atoms with Gasteiger partial charge in [0.15, 0.2) is 5.78 Å². The van der Waals surface area contributed by atoms with Gasteiger partial charge in [0, 0.05) is 17.4 Å². The van der Waals surface area contributed by atoms with Gasteiger partial charge in [-0.3, -0.25) is 4.79 Å². The number of hydrogen-bond acceptors (Lipinski definition) is 2. The highest BCUT2D eigenvalue weighted by Crippen LogP contribution is 2.45. The second-order valence-electron chi connectivity index (χ2n) is 8.97. The molecule has 4 heteroatoms. The molecule has 0 aromatic heterocycles. The summed E-state index contributed by atoms with van der Waals surface area (Å²) in [5, 5.41) is 9.34. The van der Waals surface area contributed by atoms with Crippen LogP contribution in [0.25, 0.3) is 0 Å². The molecule has 170 valence electrons. The lowest BCUT2D eigenvalue weighted by Gasteiger charge is -2.22. The van der Waals surface area contributed by atoms with Crippen molar-refractivity contribution in [2.24, 2.45) is 5.92 Å². The van der Waals surface area contributed by atoms with E-state index in [4.69, 9.17) is 11.6 Å². The fourth-order valence-electron chi connectivity index (χ4n) is 5.02. The Morgan fingerprint density at radius 1 is 0.848 bits per heavy atom. The van der Waals surface area contributed by atoms with Gasteiger partial charge in [-0.2, -0.15) is 0 Å². The first-order valence-corrected chi connectivity index (χ1v) is 12.1. The van der Waals surface area contributed by atoms with E-state index in [0.29, 0.717) is 23.8 Å². The number of aryl methyl sites for hydroxylation is 1. The molecule has 0 saturated heterocycles. The van der Waals surface area contributed by atoms with Crippen LogP contribution in [0.3, 0.4) is 0 Å². The van der Waals surface area contributed by atoms with Crippen molar-refractivity contribution < 1.29 is 14.7 Å². The lowest BCUT2D eigenvalue weighted by Crippen LogP contribution is -2.14. The topological polar surface area (TPSA) is 54.4 Å². The Morgan fingerprint density at radius 3 is 2.30 bits per heavy atom. The summed E-state index contributed by atoms with van der Waals surface area (Å²) in [6.45, 7) is 0. The largest absolute Gasteiger partial charge is 0.478 e. The number of halogens is 1. The highest BCUT2D eigenvalue weighted by molar-refractivity contribution is 6.21. The number of ketones is 1. The average Bonchev–Trinajstić information content (AvgIpc) is 3.20. The van der Waals surface area contributed by atoms with Gasteiger partial charge in [-0.25, -0.2) is 4.79 Å². The average molecular weight is 461 g/mol. The predicted molar refractivity (Wildman–Crippen MR) is 132 cm³/mol. The van der Waals surface area contributed by atoms with Crippen molar-refractivity contribution in [2.45, 2.75) is 49.8 Å². The molecule has 3 aromatic rings. The molecular weight excluding hydrogens is 432 g/mol. The van der Waals surface area contributed by atoms with Crippen molar-refractivity contribution in [1.29, 1.82) is 0 Å². The summed E-state index contributed by atoms with van der Waals surface area (Å²) in [7, 11) is 0. The third kappa shape index (κ3) is 5.91. The van der Waals surface area contributed by atoms with E-state index in [9.17, 15) is 14.7 Å². The maximum absolute atomic E-state index is 12.6. The van der Waals surface area contributed by atoms with Gasteiger partial charge in [0.25, 0.3) is 0 Å². The molecule has 0 aliphatic heterocycles.